The molecule has 0 amide bonds. The summed E-state index contributed by atoms with van der Waals surface area (Å²) >= 11 is 0. The lowest BCUT2D eigenvalue weighted by Crippen LogP contribution is -2.33. The molecule has 20 heavy (non-hydrogen) atoms. The molecular weight excluding hydrogens is 244 g/mol. The molecule has 0 bridgehead atoms. The smallest absolute Gasteiger partial charge is 0.0237 e. The second kappa shape index (κ2) is 7.05. The molecule has 1 heterocycles. The van der Waals surface area contributed by atoms with E-state index in [0.29, 0.717) is 0 Å². The SMILES string of the molecule is C1=C(CNC2CCCC2)CCN(Cc2ccccc2)C1. The van der Waals surface area contributed by atoms with Crippen molar-refractivity contribution in [2.24, 2.45) is 0 Å². The third kappa shape index (κ3) is 3.94. The molecule has 1 aliphatic carbocycles. The van der Waals surface area contributed by atoms with Crippen molar-refractivity contribution in [2.75, 3.05) is 19.6 Å². The maximum Gasteiger partial charge on any atom is 0.0237 e. The molecule has 2 aliphatic rings. The van der Waals surface area contributed by atoms with Gasteiger partial charge in [-0.25, -0.2) is 0 Å². The van der Waals surface area contributed by atoms with Gasteiger partial charge in [-0.1, -0.05) is 54.8 Å². The first-order chi connectivity index (χ1) is 9.90. The van der Waals surface area contributed by atoms with Gasteiger partial charge in [0.25, 0.3) is 0 Å². The second-order valence-corrected chi connectivity index (χ2v) is 6.20. The number of rotatable bonds is 5. The van der Waals surface area contributed by atoms with E-state index in [-0.39, 0.29) is 0 Å². The molecule has 0 saturated heterocycles. The van der Waals surface area contributed by atoms with Crippen molar-refractivity contribution in [1.29, 1.82) is 0 Å². The molecule has 0 spiro atoms. The topological polar surface area (TPSA) is 15.3 Å². The van der Waals surface area contributed by atoms with Crippen molar-refractivity contribution in [3.8, 4) is 0 Å². The zero-order valence-electron chi connectivity index (χ0n) is 12.4. The van der Waals surface area contributed by atoms with E-state index in [1.54, 1.807) is 5.57 Å². The highest BCUT2D eigenvalue weighted by Gasteiger charge is 2.16. The van der Waals surface area contributed by atoms with Crippen molar-refractivity contribution in [2.45, 2.75) is 44.7 Å². The van der Waals surface area contributed by atoms with Crippen LogP contribution in [0.3, 0.4) is 0 Å². The number of benzene rings is 1. The van der Waals surface area contributed by atoms with Crippen LogP contribution in [0, 0.1) is 0 Å². The molecular formula is C18H26N2. The minimum Gasteiger partial charge on any atom is -0.310 e. The van der Waals surface area contributed by atoms with Crippen molar-refractivity contribution in [1.82, 2.24) is 10.2 Å². The summed E-state index contributed by atoms with van der Waals surface area (Å²) in [4.78, 5) is 2.54. The van der Waals surface area contributed by atoms with Gasteiger partial charge in [-0.15, -0.1) is 0 Å². The van der Waals surface area contributed by atoms with Crippen LogP contribution in [0.25, 0.3) is 0 Å². The Morgan fingerprint density at radius 1 is 1.10 bits per heavy atom. The van der Waals surface area contributed by atoms with Crippen LogP contribution in [0.5, 0.6) is 0 Å². The van der Waals surface area contributed by atoms with Gasteiger partial charge >= 0.3 is 0 Å². The maximum absolute atomic E-state index is 3.73. The lowest BCUT2D eigenvalue weighted by Gasteiger charge is -2.27. The van der Waals surface area contributed by atoms with Gasteiger partial charge in [-0.3, -0.25) is 4.90 Å². The molecule has 1 aromatic carbocycles. The zero-order chi connectivity index (χ0) is 13.6. The zero-order valence-corrected chi connectivity index (χ0v) is 12.4. The largest absolute Gasteiger partial charge is 0.310 e. The number of hydrogen-bond donors (Lipinski definition) is 1. The van der Waals surface area contributed by atoms with E-state index < -0.39 is 0 Å². The summed E-state index contributed by atoms with van der Waals surface area (Å²) in [7, 11) is 0. The number of hydrogen-bond acceptors (Lipinski definition) is 2. The Morgan fingerprint density at radius 3 is 2.60 bits per heavy atom. The Balaban J connectivity index is 1.43. The van der Waals surface area contributed by atoms with Crippen LogP contribution < -0.4 is 5.32 Å². The summed E-state index contributed by atoms with van der Waals surface area (Å²) in [6.45, 7) is 4.51. The van der Waals surface area contributed by atoms with Crippen molar-refractivity contribution >= 4 is 0 Å². The summed E-state index contributed by atoms with van der Waals surface area (Å²) < 4.78 is 0. The average molecular weight is 270 g/mol. The van der Waals surface area contributed by atoms with E-state index in [0.717, 1.165) is 25.7 Å². The van der Waals surface area contributed by atoms with Gasteiger partial charge in [-0.2, -0.15) is 0 Å². The molecule has 2 nitrogen and oxygen atoms in total. The normalized spacial score (nSPS) is 21.1. The Morgan fingerprint density at radius 2 is 1.90 bits per heavy atom. The van der Waals surface area contributed by atoms with E-state index in [2.05, 4.69) is 46.6 Å². The molecule has 1 saturated carbocycles. The van der Waals surface area contributed by atoms with Gasteiger partial charge in [0, 0.05) is 32.2 Å². The number of nitrogens with zero attached hydrogens (tertiary/aromatic N) is 1. The van der Waals surface area contributed by atoms with E-state index in [4.69, 9.17) is 0 Å². The van der Waals surface area contributed by atoms with Crippen LogP contribution in [-0.2, 0) is 6.54 Å². The standard InChI is InChI=1S/C18H26N2/c1-2-6-17(7-3-1)15-20-12-10-16(11-13-20)14-19-18-8-4-5-9-18/h1-3,6-7,10,18-19H,4-5,8-9,11-15H2. The second-order valence-electron chi connectivity index (χ2n) is 6.20. The first kappa shape index (κ1) is 13.8. The van der Waals surface area contributed by atoms with Crippen LogP contribution in [0.15, 0.2) is 42.0 Å². The van der Waals surface area contributed by atoms with Gasteiger partial charge in [0.05, 0.1) is 0 Å². The molecule has 0 atom stereocenters. The minimum absolute atomic E-state index is 0.790. The highest BCUT2D eigenvalue weighted by Crippen LogP contribution is 2.19. The van der Waals surface area contributed by atoms with Crippen LogP contribution in [0.1, 0.15) is 37.7 Å². The number of nitrogens with one attached hydrogen (secondary N) is 1. The molecule has 1 N–H and O–H groups in total. The molecule has 3 rings (SSSR count). The van der Waals surface area contributed by atoms with Crippen LogP contribution in [0.4, 0.5) is 0 Å². The molecule has 1 fully saturated rings. The molecule has 108 valence electrons. The lowest BCUT2D eigenvalue weighted by atomic mass is 10.1. The van der Waals surface area contributed by atoms with Gasteiger partial charge in [0.15, 0.2) is 0 Å². The first-order valence-corrected chi connectivity index (χ1v) is 8.08. The highest BCUT2D eigenvalue weighted by molar-refractivity contribution is 5.16. The Bertz CT molecular complexity index is 432. The fourth-order valence-electron chi connectivity index (χ4n) is 3.30. The van der Waals surface area contributed by atoms with Crippen molar-refractivity contribution in [3.63, 3.8) is 0 Å². The van der Waals surface area contributed by atoms with Gasteiger partial charge in [-0.05, 0) is 24.8 Å². The molecule has 0 radical (unpaired) electrons. The van der Waals surface area contributed by atoms with Gasteiger partial charge in [0.2, 0.25) is 0 Å². The van der Waals surface area contributed by atoms with E-state index in [1.165, 1.54) is 44.2 Å². The third-order valence-corrected chi connectivity index (χ3v) is 4.61. The van der Waals surface area contributed by atoms with E-state index in [1.807, 2.05) is 0 Å². The lowest BCUT2D eigenvalue weighted by molar-refractivity contribution is 0.284. The Labute approximate surface area is 122 Å². The van der Waals surface area contributed by atoms with Crippen LogP contribution >= 0.6 is 0 Å². The van der Waals surface area contributed by atoms with Crippen molar-refractivity contribution < 1.29 is 0 Å². The minimum atomic E-state index is 0.790. The third-order valence-electron chi connectivity index (χ3n) is 4.61. The van der Waals surface area contributed by atoms with Crippen LogP contribution in [0.2, 0.25) is 0 Å². The molecule has 0 aromatic heterocycles. The average Bonchev–Trinajstić information content (AvgIpc) is 3.01. The monoisotopic (exact) mass is 270 g/mol. The summed E-state index contributed by atoms with van der Waals surface area (Å²) in [6.07, 6.45) is 9.27. The molecule has 2 heteroatoms. The molecule has 1 aliphatic heterocycles. The summed E-state index contributed by atoms with van der Waals surface area (Å²) in [5.74, 6) is 0. The van der Waals surface area contributed by atoms with Crippen LogP contribution in [-0.4, -0.2) is 30.6 Å². The molecule has 0 unspecified atom stereocenters. The summed E-state index contributed by atoms with van der Waals surface area (Å²) in [5.41, 5.74) is 3.04. The molecule has 1 aromatic rings. The summed E-state index contributed by atoms with van der Waals surface area (Å²) in [5, 5.41) is 3.73. The van der Waals surface area contributed by atoms with E-state index in [9.17, 15) is 0 Å². The van der Waals surface area contributed by atoms with Gasteiger partial charge in [0.1, 0.15) is 0 Å². The Kier molecular flexibility index (Phi) is 4.88. The fourth-order valence-corrected chi connectivity index (χ4v) is 3.30. The maximum atomic E-state index is 3.73. The summed E-state index contributed by atoms with van der Waals surface area (Å²) in [6, 6.07) is 11.6. The van der Waals surface area contributed by atoms with Crippen molar-refractivity contribution in [3.05, 3.63) is 47.5 Å². The highest BCUT2D eigenvalue weighted by atomic mass is 15.1. The Hall–Kier alpha value is -1.12. The first-order valence-electron chi connectivity index (χ1n) is 8.08. The predicted octanol–water partition coefficient (Wildman–Crippen LogP) is 3.35. The predicted molar refractivity (Wildman–Crippen MR) is 84.7 cm³/mol. The van der Waals surface area contributed by atoms with E-state index >= 15 is 0 Å². The van der Waals surface area contributed by atoms with Gasteiger partial charge < -0.3 is 5.32 Å². The fraction of sp³-hybridized carbons (Fsp3) is 0.556. The quantitative estimate of drug-likeness (QED) is 0.825.